The topological polar surface area (TPSA) is 81.5 Å². The number of benzene rings is 1. The lowest BCUT2D eigenvalue weighted by atomic mass is 10.2. The molecule has 1 N–H and O–H groups in total. The van der Waals surface area contributed by atoms with Crippen LogP contribution in [-0.2, 0) is 9.53 Å². The lowest BCUT2D eigenvalue weighted by Gasteiger charge is -2.07. The SMILES string of the molecule is CCOC(=O)CCNc1ccc(C)cc1[N+](=O)[O-]. The van der Waals surface area contributed by atoms with Crippen molar-refractivity contribution in [3.8, 4) is 0 Å². The number of ether oxygens (including phenoxy) is 1. The van der Waals surface area contributed by atoms with Crippen molar-refractivity contribution in [2.24, 2.45) is 0 Å². The van der Waals surface area contributed by atoms with Crippen LogP contribution in [0.1, 0.15) is 18.9 Å². The van der Waals surface area contributed by atoms with Gasteiger partial charge in [-0.1, -0.05) is 6.07 Å². The second-order valence-corrected chi connectivity index (χ2v) is 3.76. The first-order valence-electron chi connectivity index (χ1n) is 5.69. The minimum atomic E-state index is -0.445. The second-order valence-electron chi connectivity index (χ2n) is 3.76. The van der Waals surface area contributed by atoms with E-state index in [1.807, 2.05) is 0 Å². The van der Waals surface area contributed by atoms with Crippen LogP contribution in [0.2, 0.25) is 0 Å². The maximum absolute atomic E-state index is 11.1. The van der Waals surface area contributed by atoms with E-state index in [1.54, 1.807) is 26.0 Å². The summed E-state index contributed by atoms with van der Waals surface area (Å²) in [6, 6.07) is 4.91. The van der Waals surface area contributed by atoms with Crippen molar-refractivity contribution in [2.45, 2.75) is 20.3 Å². The Bertz CT molecular complexity index is 446. The number of rotatable bonds is 6. The maximum Gasteiger partial charge on any atom is 0.307 e. The second kappa shape index (κ2) is 6.58. The molecule has 0 saturated carbocycles. The summed E-state index contributed by atoms with van der Waals surface area (Å²) in [6.45, 7) is 4.16. The molecule has 0 aromatic heterocycles. The Balaban J connectivity index is 2.62. The van der Waals surface area contributed by atoms with Gasteiger partial charge < -0.3 is 10.1 Å². The van der Waals surface area contributed by atoms with Crippen molar-refractivity contribution in [1.29, 1.82) is 0 Å². The number of carbonyl (C=O) groups is 1. The van der Waals surface area contributed by atoms with E-state index in [9.17, 15) is 14.9 Å². The number of aryl methyl sites for hydroxylation is 1. The highest BCUT2D eigenvalue weighted by Crippen LogP contribution is 2.25. The Labute approximate surface area is 105 Å². The normalized spacial score (nSPS) is 9.89. The highest BCUT2D eigenvalue weighted by atomic mass is 16.6. The Morgan fingerprint density at radius 1 is 1.50 bits per heavy atom. The van der Waals surface area contributed by atoms with Crippen LogP contribution in [0.4, 0.5) is 11.4 Å². The highest BCUT2D eigenvalue weighted by Gasteiger charge is 2.13. The third-order valence-electron chi connectivity index (χ3n) is 2.30. The molecule has 0 aliphatic carbocycles. The van der Waals surface area contributed by atoms with E-state index in [-0.39, 0.29) is 18.1 Å². The van der Waals surface area contributed by atoms with Crippen LogP contribution < -0.4 is 5.32 Å². The molecule has 0 unspecified atom stereocenters. The van der Waals surface area contributed by atoms with Gasteiger partial charge in [-0.25, -0.2) is 0 Å². The largest absolute Gasteiger partial charge is 0.466 e. The average Bonchev–Trinajstić information content (AvgIpc) is 2.31. The van der Waals surface area contributed by atoms with Gasteiger partial charge in [0.25, 0.3) is 5.69 Å². The summed E-state index contributed by atoms with van der Waals surface area (Å²) >= 11 is 0. The number of nitrogens with one attached hydrogen (secondary N) is 1. The molecule has 0 amide bonds. The molecule has 6 heteroatoms. The number of esters is 1. The summed E-state index contributed by atoms with van der Waals surface area (Å²) in [7, 11) is 0. The van der Waals surface area contributed by atoms with Crippen molar-refractivity contribution in [3.05, 3.63) is 33.9 Å². The van der Waals surface area contributed by atoms with Gasteiger partial charge in [0.05, 0.1) is 18.0 Å². The molecule has 0 radical (unpaired) electrons. The van der Waals surface area contributed by atoms with Gasteiger partial charge >= 0.3 is 5.97 Å². The molecule has 1 rings (SSSR count). The summed E-state index contributed by atoms with van der Waals surface area (Å²) in [4.78, 5) is 21.5. The Morgan fingerprint density at radius 3 is 2.83 bits per heavy atom. The summed E-state index contributed by atoms with van der Waals surface area (Å²) in [5.74, 6) is -0.320. The first kappa shape index (κ1) is 14.0. The predicted octanol–water partition coefficient (Wildman–Crippen LogP) is 2.27. The van der Waals surface area contributed by atoms with Gasteiger partial charge in [0.2, 0.25) is 0 Å². The third kappa shape index (κ3) is 4.04. The molecule has 6 nitrogen and oxygen atoms in total. The summed E-state index contributed by atoms with van der Waals surface area (Å²) in [5, 5.41) is 13.7. The number of carbonyl (C=O) groups excluding carboxylic acids is 1. The van der Waals surface area contributed by atoms with E-state index in [2.05, 4.69) is 5.32 Å². The van der Waals surface area contributed by atoms with Crippen molar-refractivity contribution in [3.63, 3.8) is 0 Å². The van der Waals surface area contributed by atoms with Gasteiger partial charge in [-0.15, -0.1) is 0 Å². The van der Waals surface area contributed by atoms with E-state index in [4.69, 9.17) is 4.74 Å². The fourth-order valence-corrected chi connectivity index (χ4v) is 1.47. The molecule has 0 aliphatic rings. The molecular formula is C12H16N2O4. The highest BCUT2D eigenvalue weighted by molar-refractivity contribution is 5.70. The quantitative estimate of drug-likeness (QED) is 0.477. The van der Waals surface area contributed by atoms with Crippen LogP contribution in [0, 0.1) is 17.0 Å². The van der Waals surface area contributed by atoms with E-state index in [0.29, 0.717) is 18.8 Å². The van der Waals surface area contributed by atoms with Crippen molar-refractivity contribution >= 4 is 17.3 Å². The molecule has 0 aliphatic heterocycles. The van der Waals surface area contributed by atoms with Gasteiger partial charge in [0.15, 0.2) is 0 Å². The van der Waals surface area contributed by atoms with Crippen LogP contribution in [0.3, 0.4) is 0 Å². The number of nitro groups is 1. The summed E-state index contributed by atoms with van der Waals surface area (Å²) in [6.07, 6.45) is 0.179. The Hall–Kier alpha value is -2.11. The van der Waals surface area contributed by atoms with E-state index in [1.165, 1.54) is 6.07 Å². The third-order valence-corrected chi connectivity index (χ3v) is 2.30. The zero-order valence-corrected chi connectivity index (χ0v) is 10.4. The lowest BCUT2D eigenvalue weighted by Crippen LogP contribution is -2.12. The monoisotopic (exact) mass is 252 g/mol. The molecule has 18 heavy (non-hydrogen) atoms. The zero-order chi connectivity index (χ0) is 13.5. The molecule has 1 aromatic carbocycles. The molecule has 0 spiro atoms. The first-order valence-corrected chi connectivity index (χ1v) is 5.69. The van der Waals surface area contributed by atoms with Gasteiger partial charge in [0, 0.05) is 12.6 Å². The minimum absolute atomic E-state index is 0.0128. The smallest absolute Gasteiger partial charge is 0.307 e. The molecule has 0 atom stereocenters. The predicted molar refractivity (Wildman–Crippen MR) is 67.6 cm³/mol. The Morgan fingerprint density at radius 2 is 2.22 bits per heavy atom. The molecular weight excluding hydrogens is 236 g/mol. The van der Waals surface area contributed by atoms with Crippen molar-refractivity contribution in [1.82, 2.24) is 0 Å². The first-order chi connectivity index (χ1) is 8.54. The fourth-order valence-electron chi connectivity index (χ4n) is 1.47. The number of anilines is 1. The van der Waals surface area contributed by atoms with Gasteiger partial charge in [-0.2, -0.15) is 0 Å². The number of hydrogen-bond acceptors (Lipinski definition) is 5. The summed E-state index contributed by atoms with van der Waals surface area (Å²) < 4.78 is 4.76. The number of nitro benzene ring substituents is 1. The van der Waals surface area contributed by atoms with Crippen LogP contribution in [0.5, 0.6) is 0 Å². The molecule has 0 heterocycles. The molecule has 0 bridgehead atoms. The number of nitrogens with zero attached hydrogens (tertiary/aromatic N) is 1. The number of hydrogen-bond donors (Lipinski definition) is 1. The standard InChI is InChI=1S/C12H16N2O4/c1-3-18-12(15)6-7-13-10-5-4-9(2)8-11(10)14(16)17/h4-5,8,13H,3,6-7H2,1-2H3. The van der Waals surface area contributed by atoms with Crippen LogP contribution in [0.25, 0.3) is 0 Å². The molecule has 98 valence electrons. The van der Waals surface area contributed by atoms with Crippen LogP contribution >= 0.6 is 0 Å². The van der Waals surface area contributed by atoms with Crippen molar-refractivity contribution in [2.75, 3.05) is 18.5 Å². The van der Waals surface area contributed by atoms with Gasteiger partial charge in [0.1, 0.15) is 5.69 Å². The maximum atomic E-state index is 11.1. The average molecular weight is 252 g/mol. The minimum Gasteiger partial charge on any atom is -0.466 e. The van der Waals surface area contributed by atoms with Crippen LogP contribution in [0.15, 0.2) is 18.2 Å². The van der Waals surface area contributed by atoms with E-state index in [0.717, 1.165) is 5.56 Å². The fraction of sp³-hybridized carbons (Fsp3) is 0.417. The van der Waals surface area contributed by atoms with E-state index >= 15 is 0 Å². The van der Waals surface area contributed by atoms with Crippen molar-refractivity contribution < 1.29 is 14.5 Å². The molecule has 0 saturated heterocycles. The Kier molecular flexibility index (Phi) is 5.10. The van der Waals surface area contributed by atoms with Gasteiger partial charge in [-0.05, 0) is 25.5 Å². The lowest BCUT2D eigenvalue weighted by molar-refractivity contribution is -0.384. The van der Waals surface area contributed by atoms with Gasteiger partial charge in [-0.3, -0.25) is 14.9 Å². The molecule has 1 aromatic rings. The van der Waals surface area contributed by atoms with E-state index < -0.39 is 4.92 Å². The molecule has 0 fully saturated rings. The zero-order valence-electron chi connectivity index (χ0n) is 10.4. The van der Waals surface area contributed by atoms with Crippen LogP contribution in [-0.4, -0.2) is 24.0 Å². The summed E-state index contributed by atoms with van der Waals surface area (Å²) in [5.41, 5.74) is 1.24.